The lowest BCUT2D eigenvalue weighted by Crippen LogP contribution is -2.14. The van der Waals surface area contributed by atoms with Gasteiger partial charge in [0.15, 0.2) is 0 Å². The Morgan fingerprint density at radius 1 is 0.939 bits per heavy atom. The van der Waals surface area contributed by atoms with Crippen molar-refractivity contribution in [1.29, 1.82) is 0 Å². The average molecular weight is 437 g/mol. The van der Waals surface area contributed by atoms with Crippen LogP contribution in [0.3, 0.4) is 0 Å². The van der Waals surface area contributed by atoms with E-state index >= 15 is 0 Å². The third kappa shape index (κ3) is 4.07. The van der Waals surface area contributed by atoms with Crippen molar-refractivity contribution in [3.05, 3.63) is 77.7 Å². The van der Waals surface area contributed by atoms with Crippen LogP contribution in [0, 0.1) is 19.8 Å². The van der Waals surface area contributed by atoms with Gasteiger partial charge in [-0.3, -0.25) is 14.6 Å². The second kappa shape index (κ2) is 8.13. The number of benzene rings is 2. The molecule has 2 aromatic carbocycles. The lowest BCUT2D eigenvalue weighted by molar-refractivity contribution is -0.117. The number of carbonyl (C=O) groups excluding carboxylic acids is 2. The van der Waals surface area contributed by atoms with Gasteiger partial charge in [-0.2, -0.15) is 0 Å². The number of aryl methyl sites for hydroxylation is 2. The van der Waals surface area contributed by atoms with Crippen molar-refractivity contribution in [3.63, 3.8) is 0 Å². The van der Waals surface area contributed by atoms with Crippen molar-refractivity contribution in [1.82, 2.24) is 9.97 Å². The second-order valence-electron chi connectivity index (χ2n) is 8.61. The van der Waals surface area contributed by atoms with E-state index in [1.54, 1.807) is 18.5 Å². The predicted octanol–water partition coefficient (Wildman–Crippen LogP) is 5.03. The zero-order chi connectivity index (χ0) is 23.1. The minimum Gasteiger partial charge on any atom is -0.366 e. The number of pyridine rings is 2. The Bertz CT molecular complexity index is 1420. The number of nitrogens with one attached hydrogen (secondary N) is 1. The summed E-state index contributed by atoms with van der Waals surface area (Å²) in [6.45, 7) is 3.94. The largest absolute Gasteiger partial charge is 0.366 e. The second-order valence-corrected chi connectivity index (χ2v) is 8.61. The van der Waals surface area contributed by atoms with Gasteiger partial charge in [0.05, 0.1) is 5.56 Å². The maximum absolute atomic E-state index is 12.0. The summed E-state index contributed by atoms with van der Waals surface area (Å²) in [5, 5.41) is 4.89. The van der Waals surface area contributed by atoms with Crippen LogP contribution in [0.2, 0.25) is 0 Å². The van der Waals surface area contributed by atoms with Gasteiger partial charge < -0.3 is 11.1 Å². The van der Waals surface area contributed by atoms with E-state index in [1.807, 2.05) is 31.2 Å². The van der Waals surface area contributed by atoms with Gasteiger partial charge in [0.1, 0.15) is 5.82 Å². The molecular weight excluding hydrogens is 412 g/mol. The van der Waals surface area contributed by atoms with Gasteiger partial charge in [-0.05, 0) is 78.6 Å². The molecule has 1 aliphatic rings. The first-order valence-corrected chi connectivity index (χ1v) is 11.0. The Balaban J connectivity index is 1.53. The third-order valence-electron chi connectivity index (χ3n) is 6.16. The van der Waals surface area contributed by atoms with Gasteiger partial charge in [0, 0.05) is 35.0 Å². The number of nitrogens with two attached hydrogens (primary N) is 1. The van der Waals surface area contributed by atoms with E-state index in [0.717, 1.165) is 57.1 Å². The minimum atomic E-state index is -0.473. The number of hydrogen-bond donors (Lipinski definition) is 2. The van der Waals surface area contributed by atoms with Crippen LogP contribution < -0.4 is 11.1 Å². The lowest BCUT2D eigenvalue weighted by atomic mass is 9.92. The molecule has 2 heterocycles. The topological polar surface area (TPSA) is 98.0 Å². The summed E-state index contributed by atoms with van der Waals surface area (Å²) >= 11 is 0. The fraction of sp³-hybridized carbons (Fsp3) is 0.185. The molecule has 0 saturated heterocycles. The summed E-state index contributed by atoms with van der Waals surface area (Å²) in [7, 11) is 0. The van der Waals surface area contributed by atoms with Crippen LogP contribution in [0.15, 0.2) is 60.9 Å². The molecule has 1 aliphatic carbocycles. The highest BCUT2D eigenvalue weighted by atomic mass is 16.2. The summed E-state index contributed by atoms with van der Waals surface area (Å²) in [4.78, 5) is 32.8. The Morgan fingerprint density at radius 3 is 2.48 bits per heavy atom. The van der Waals surface area contributed by atoms with Crippen LogP contribution in [-0.4, -0.2) is 21.8 Å². The number of aromatic nitrogens is 2. The molecule has 0 aliphatic heterocycles. The van der Waals surface area contributed by atoms with Crippen LogP contribution in [0.25, 0.3) is 33.0 Å². The molecule has 1 saturated carbocycles. The van der Waals surface area contributed by atoms with Gasteiger partial charge in [-0.25, -0.2) is 4.98 Å². The zero-order valence-corrected chi connectivity index (χ0v) is 18.6. The number of nitrogens with zero attached hydrogens (tertiary/aromatic N) is 2. The maximum Gasteiger partial charge on any atom is 0.249 e. The molecule has 0 atom stereocenters. The maximum atomic E-state index is 12.0. The molecule has 5 rings (SSSR count). The molecule has 3 N–H and O–H groups in total. The zero-order valence-electron chi connectivity index (χ0n) is 18.6. The number of rotatable bonds is 5. The van der Waals surface area contributed by atoms with Crippen LogP contribution >= 0.6 is 0 Å². The van der Waals surface area contributed by atoms with Crippen LogP contribution in [0.4, 0.5) is 5.82 Å². The molecule has 0 spiro atoms. The summed E-state index contributed by atoms with van der Waals surface area (Å²) in [5.74, 6) is 0.293. The molecular formula is C27H24N4O2. The summed E-state index contributed by atoms with van der Waals surface area (Å²) in [6, 6.07) is 15.9. The smallest absolute Gasteiger partial charge is 0.249 e. The number of anilines is 1. The van der Waals surface area contributed by atoms with E-state index in [4.69, 9.17) is 5.73 Å². The number of carbonyl (C=O) groups is 2. The van der Waals surface area contributed by atoms with Crippen LogP contribution in [0.1, 0.15) is 34.5 Å². The van der Waals surface area contributed by atoms with E-state index in [0.29, 0.717) is 11.4 Å². The first-order chi connectivity index (χ1) is 15.9. The van der Waals surface area contributed by atoms with Crippen molar-refractivity contribution in [2.45, 2.75) is 26.7 Å². The predicted molar refractivity (Wildman–Crippen MR) is 130 cm³/mol. The van der Waals surface area contributed by atoms with E-state index in [9.17, 15) is 9.59 Å². The fourth-order valence-electron chi connectivity index (χ4n) is 4.18. The average Bonchev–Trinajstić information content (AvgIpc) is 3.65. The Hall–Kier alpha value is -4.06. The molecule has 0 bridgehead atoms. The van der Waals surface area contributed by atoms with E-state index in [2.05, 4.69) is 40.4 Å². The van der Waals surface area contributed by atoms with Crippen molar-refractivity contribution in [3.8, 4) is 22.3 Å². The SMILES string of the molecule is Cc1ccc(-c2c(C(N)=O)ccnc2C)cc1-c1ccc2cc(NC(=O)C3CC3)ncc2c1. The Labute approximate surface area is 191 Å². The van der Waals surface area contributed by atoms with Gasteiger partial charge in [0.25, 0.3) is 0 Å². The highest BCUT2D eigenvalue weighted by molar-refractivity contribution is 6.01. The Kier molecular flexibility index (Phi) is 5.13. The van der Waals surface area contributed by atoms with Crippen molar-refractivity contribution < 1.29 is 9.59 Å². The molecule has 2 amide bonds. The van der Waals surface area contributed by atoms with E-state index in [-0.39, 0.29) is 11.8 Å². The summed E-state index contributed by atoms with van der Waals surface area (Å²) < 4.78 is 0. The molecule has 6 heteroatoms. The van der Waals surface area contributed by atoms with Crippen molar-refractivity contribution in [2.24, 2.45) is 11.7 Å². The lowest BCUT2D eigenvalue weighted by Gasteiger charge is -2.14. The van der Waals surface area contributed by atoms with Gasteiger partial charge >= 0.3 is 0 Å². The summed E-state index contributed by atoms with van der Waals surface area (Å²) in [6.07, 6.45) is 5.31. The number of primary amides is 1. The van der Waals surface area contributed by atoms with Gasteiger partial charge in [0.2, 0.25) is 11.8 Å². The Morgan fingerprint density at radius 2 is 1.73 bits per heavy atom. The molecule has 1 fully saturated rings. The number of amides is 2. The normalized spacial score (nSPS) is 13.2. The first kappa shape index (κ1) is 20.8. The number of hydrogen-bond acceptors (Lipinski definition) is 4. The third-order valence-corrected chi connectivity index (χ3v) is 6.16. The standard InChI is InChI=1S/C27H24N4O2/c1-15-3-4-20(25-16(2)29-10-9-22(25)26(28)32)12-23(15)19-8-7-18-13-24(30-14-21(18)11-19)31-27(33)17-5-6-17/h3-4,7-14,17H,5-6H2,1-2H3,(H2,28,32)(H,30,31,33). The van der Waals surface area contributed by atoms with Gasteiger partial charge in [-0.15, -0.1) is 0 Å². The quantitative estimate of drug-likeness (QED) is 0.458. The first-order valence-electron chi connectivity index (χ1n) is 11.0. The van der Waals surface area contributed by atoms with E-state index in [1.165, 1.54) is 0 Å². The molecule has 6 nitrogen and oxygen atoms in total. The van der Waals surface area contributed by atoms with Crippen molar-refractivity contribution >= 4 is 28.4 Å². The molecule has 164 valence electrons. The molecule has 0 radical (unpaired) electrons. The highest BCUT2D eigenvalue weighted by Crippen LogP contribution is 2.34. The van der Waals surface area contributed by atoms with Gasteiger partial charge in [-0.1, -0.05) is 24.3 Å². The van der Waals surface area contributed by atoms with Crippen LogP contribution in [0.5, 0.6) is 0 Å². The molecule has 33 heavy (non-hydrogen) atoms. The monoisotopic (exact) mass is 436 g/mol. The molecule has 4 aromatic rings. The van der Waals surface area contributed by atoms with Crippen molar-refractivity contribution in [2.75, 3.05) is 5.32 Å². The van der Waals surface area contributed by atoms with Crippen LogP contribution in [-0.2, 0) is 4.79 Å². The molecule has 0 unspecified atom stereocenters. The van der Waals surface area contributed by atoms with E-state index < -0.39 is 5.91 Å². The minimum absolute atomic E-state index is 0.0481. The fourth-order valence-corrected chi connectivity index (χ4v) is 4.18. The number of fused-ring (bicyclic) bond motifs is 1. The highest BCUT2D eigenvalue weighted by Gasteiger charge is 2.29. The summed E-state index contributed by atoms with van der Waals surface area (Å²) in [5.41, 5.74) is 11.7. The molecule has 2 aromatic heterocycles.